The minimum absolute atomic E-state index is 0.0777. The Morgan fingerprint density at radius 1 is 1.00 bits per heavy atom. The first-order valence-electron chi connectivity index (χ1n) is 5.48. The van der Waals surface area contributed by atoms with Crippen molar-refractivity contribution < 1.29 is 13.9 Å². The number of rotatable bonds is 2. The maximum absolute atomic E-state index is 13.8. The number of aryl methyl sites for hydroxylation is 1. The van der Waals surface area contributed by atoms with Crippen LogP contribution in [0.1, 0.15) is 22.8 Å². The van der Waals surface area contributed by atoms with Crippen LogP contribution in [0.2, 0.25) is 0 Å². The molecule has 0 fully saturated rings. The maximum atomic E-state index is 13.8. The Labute approximate surface area is 126 Å². The molecule has 0 spiro atoms. The summed E-state index contributed by atoms with van der Waals surface area (Å²) in [6.45, 7) is 1.48. The number of halogens is 4. The average molecular weight is 392 g/mol. The standard InChI is InChI=1S/C14H10Br2F2O/c1-7-4-13(18)10(6-12(7)17)14(19)9-3-2-8(15)5-11(9)16/h2-6,14,19H,1H3. The van der Waals surface area contributed by atoms with E-state index in [4.69, 9.17) is 0 Å². The molecule has 100 valence electrons. The van der Waals surface area contributed by atoms with Gasteiger partial charge in [0.25, 0.3) is 0 Å². The molecule has 0 amide bonds. The fourth-order valence-electron chi connectivity index (χ4n) is 1.76. The molecule has 1 nitrogen and oxygen atoms in total. The average Bonchev–Trinajstić information content (AvgIpc) is 2.33. The highest BCUT2D eigenvalue weighted by molar-refractivity contribution is 9.11. The summed E-state index contributed by atoms with van der Waals surface area (Å²) in [5.41, 5.74) is 0.611. The van der Waals surface area contributed by atoms with Crippen LogP contribution in [0.5, 0.6) is 0 Å². The van der Waals surface area contributed by atoms with Crippen LogP contribution in [0.3, 0.4) is 0 Å². The Bertz CT molecular complexity index is 629. The van der Waals surface area contributed by atoms with E-state index in [1.807, 2.05) is 0 Å². The summed E-state index contributed by atoms with van der Waals surface area (Å²) in [7, 11) is 0. The van der Waals surface area contributed by atoms with Gasteiger partial charge in [0, 0.05) is 14.5 Å². The van der Waals surface area contributed by atoms with E-state index < -0.39 is 17.7 Å². The Morgan fingerprint density at radius 2 is 1.68 bits per heavy atom. The molecule has 1 atom stereocenters. The first kappa shape index (κ1) is 14.6. The molecule has 0 aliphatic carbocycles. The quantitative estimate of drug-likeness (QED) is 0.773. The molecule has 2 rings (SSSR count). The first-order valence-corrected chi connectivity index (χ1v) is 7.07. The zero-order chi connectivity index (χ0) is 14.2. The molecule has 0 aliphatic rings. The molecule has 19 heavy (non-hydrogen) atoms. The number of hydrogen-bond donors (Lipinski definition) is 1. The number of aliphatic hydroxyl groups excluding tert-OH is 1. The van der Waals surface area contributed by atoms with Gasteiger partial charge in [-0.15, -0.1) is 0 Å². The lowest BCUT2D eigenvalue weighted by molar-refractivity contribution is 0.213. The van der Waals surface area contributed by atoms with Crippen LogP contribution < -0.4 is 0 Å². The Balaban J connectivity index is 2.49. The van der Waals surface area contributed by atoms with Gasteiger partial charge in [-0.2, -0.15) is 0 Å². The largest absolute Gasteiger partial charge is 0.384 e. The van der Waals surface area contributed by atoms with Crippen LogP contribution in [0.15, 0.2) is 39.3 Å². The van der Waals surface area contributed by atoms with Crippen molar-refractivity contribution in [3.63, 3.8) is 0 Å². The van der Waals surface area contributed by atoms with Crippen molar-refractivity contribution in [3.8, 4) is 0 Å². The van der Waals surface area contributed by atoms with E-state index in [1.165, 1.54) is 6.92 Å². The van der Waals surface area contributed by atoms with E-state index in [0.717, 1.165) is 16.6 Å². The van der Waals surface area contributed by atoms with Crippen LogP contribution >= 0.6 is 31.9 Å². The van der Waals surface area contributed by atoms with Crippen molar-refractivity contribution in [2.45, 2.75) is 13.0 Å². The Morgan fingerprint density at radius 3 is 2.32 bits per heavy atom. The molecular formula is C14H10Br2F2O. The predicted molar refractivity (Wildman–Crippen MR) is 77.0 cm³/mol. The van der Waals surface area contributed by atoms with Gasteiger partial charge < -0.3 is 5.11 Å². The van der Waals surface area contributed by atoms with Gasteiger partial charge in [-0.05, 0) is 42.3 Å². The maximum Gasteiger partial charge on any atom is 0.129 e. The van der Waals surface area contributed by atoms with Crippen molar-refractivity contribution in [3.05, 3.63) is 67.6 Å². The molecule has 2 aromatic carbocycles. The molecule has 1 unspecified atom stereocenters. The predicted octanol–water partition coefficient (Wildman–Crippen LogP) is 4.88. The van der Waals surface area contributed by atoms with Crippen molar-refractivity contribution in [2.24, 2.45) is 0 Å². The third-order valence-corrected chi connectivity index (χ3v) is 4.01. The van der Waals surface area contributed by atoms with Crippen LogP contribution in [-0.2, 0) is 0 Å². The minimum atomic E-state index is -1.22. The summed E-state index contributed by atoms with van der Waals surface area (Å²) < 4.78 is 28.8. The second-order valence-electron chi connectivity index (χ2n) is 4.19. The van der Waals surface area contributed by atoms with E-state index >= 15 is 0 Å². The summed E-state index contributed by atoms with van der Waals surface area (Å²) in [6.07, 6.45) is -1.22. The minimum Gasteiger partial charge on any atom is -0.384 e. The lowest BCUT2D eigenvalue weighted by Crippen LogP contribution is -2.05. The number of aliphatic hydroxyl groups is 1. The van der Waals surface area contributed by atoms with Gasteiger partial charge in [-0.25, -0.2) is 8.78 Å². The second-order valence-corrected chi connectivity index (χ2v) is 5.96. The van der Waals surface area contributed by atoms with Gasteiger partial charge in [0.1, 0.15) is 17.7 Å². The second kappa shape index (κ2) is 5.69. The summed E-state index contributed by atoms with van der Waals surface area (Å²) >= 11 is 6.59. The zero-order valence-corrected chi connectivity index (χ0v) is 13.1. The first-order chi connectivity index (χ1) is 8.90. The third-order valence-electron chi connectivity index (χ3n) is 2.83. The van der Waals surface area contributed by atoms with Gasteiger partial charge in [0.15, 0.2) is 0 Å². The monoisotopic (exact) mass is 390 g/mol. The van der Waals surface area contributed by atoms with Crippen LogP contribution in [0.25, 0.3) is 0 Å². The van der Waals surface area contributed by atoms with E-state index in [2.05, 4.69) is 31.9 Å². The highest BCUT2D eigenvalue weighted by atomic mass is 79.9. The van der Waals surface area contributed by atoms with Crippen LogP contribution in [-0.4, -0.2) is 5.11 Å². The van der Waals surface area contributed by atoms with Gasteiger partial charge in [0.2, 0.25) is 0 Å². The molecule has 0 bridgehead atoms. The summed E-state index contributed by atoms with van der Waals surface area (Å²) in [5.74, 6) is -1.16. The molecule has 0 saturated heterocycles. The molecule has 0 radical (unpaired) electrons. The van der Waals surface area contributed by atoms with Crippen LogP contribution in [0, 0.1) is 18.6 Å². The van der Waals surface area contributed by atoms with Gasteiger partial charge in [-0.1, -0.05) is 37.9 Å². The van der Waals surface area contributed by atoms with Gasteiger partial charge in [0.05, 0.1) is 0 Å². The number of benzene rings is 2. The molecule has 0 saturated carbocycles. The summed E-state index contributed by atoms with van der Waals surface area (Å²) in [5, 5.41) is 10.2. The van der Waals surface area contributed by atoms with Crippen molar-refractivity contribution in [2.75, 3.05) is 0 Å². The van der Waals surface area contributed by atoms with E-state index in [9.17, 15) is 13.9 Å². The lowest BCUT2D eigenvalue weighted by Gasteiger charge is -2.15. The SMILES string of the molecule is Cc1cc(F)c(C(O)c2ccc(Br)cc2Br)cc1F. The van der Waals surface area contributed by atoms with Crippen molar-refractivity contribution in [1.82, 2.24) is 0 Å². The summed E-state index contributed by atoms with van der Waals surface area (Å²) in [4.78, 5) is 0. The fourth-order valence-corrected chi connectivity index (χ4v) is 3.03. The molecule has 0 aliphatic heterocycles. The summed E-state index contributed by atoms with van der Waals surface area (Å²) in [6, 6.07) is 7.23. The molecular weight excluding hydrogens is 382 g/mol. The lowest BCUT2D eigenvalue weighted by atomic mass is 9.99. The van der Waals surface area contributed by atoms with Crippen molar-refractivity contribution in [1.29, 1.82) is 0 Å². The molecule has 0 heterocycles. The molecule has 1 N–H and O–H groups in total. The fraction of sp³-hybridized carbons (Fsp3) is 0.143. The van der Waals surface area contributed by atoms with E-state index in [-0.39, 0.29) is 11.1 Å². The normalized spacial score (nSPS) is 12.5. The highest BCUT2D eigenvalue weighted by Gasteiger charge is 2.19. The van der Waals surface area contributed by atoms with E-state index in [1.54, 1.807) is 18.2 Å². The zero-order valence-electron chi connectivity index (χ0n) is 9.92. The Kier molecular flexibility index (Phi) is 4.38. The smallest absolute Gasteiger partial charge is 0.129 e. The topological polar surface area (TPSA) is 20.2 Å². The van der Waals surface area contributed by atoms with E-state index in [0.29, 0.717) is 10.0 Å². The van der Waals surface area contributed by atoms with Crippen molar-refractivity contribution >= 4 is 31.9 Å². The third kappa shape index (κ3) is 3.04. The van der Waals surface area contributed by atoms with Gasteiger partial charge in [-0.3, -0.25) is 0 Å². The highest BCUT2D eigenvalue weighted by Crippen LogP contribution is 2.32. The Hall–Kier alpha value is -0.780. The molecule has 2 aromatic rings. The molecule has 5 heteroatoms. The van der Waals surface area contributed by atoms with Crippen LogP contribution in [0.4, 0.5) is 8.78 Å². The molecule has 0 aromatic heterocycles. The number of hydrogen-bond acceptors (Lipinski definition) is 1. The van der Waals surface area contributed by atoms with Gasteiger partial charge >= 0.3 is 0 Å².